The van der Waals surface area contributed by atoms with Crippen LogP contribution in [0.2, 0.25) is 0 Å². The van der Waals surface area contributed by atoms with Gasteiger partial charge in [-0.3, -0.25) is 4.79 Å². The van der Waals surface area contributed by atoms with Gasteiger partial charge in [0, 0.05) is 6.61 Å². The SMILES string of the molecule is O=C(NC1(C(=O)O)CCCCCC1)C1CCCO1. The molecule has 0 aromatic heterocycles. The molecular formula is C13H21NO4. The highest BCUT2D eigenvalue weighted by Gasteiger charge is 2.41. The number of hydrogen-bond donors (Lipinski definition) is 2. The van der Waals surface area contributed by atoms with Gasteiger partial charge in [0.15, 0.2) is 0 Å². The Morgan fingerprint density at radius 2 is 1.78 bits per heavy atom. The van der Waals surface area contributed by atoms with Gasteiger partial charge in [0.05, 0.1) is 0 Å². The molecule has 0 aromatic rings. The topological polar surface area (TPSA) is 75.6 Å². The van der Waals surface area contributed by atoms with E-state index in [0.717, 1.165) is 32.1 Å². The Bertz CT molecular complexity index is 315. The first-order chi connectivity index (χ1) is 8.64. The number of nitrogens with one attached hydrogen (secondary N) is 1. The van der Waals surface area contributed by atoms with E-state index >= 15 is 0 Å². The van der Waals surface area contributed by atoms with E-state index in [1.165, 1.54) is 0 Å². The smallest absolute Gasteiger partial charge is 0.329 e. The van der Waals surface area contributed by atoms with Crippen molar-refractivity contribution in [3.63, 3.8) is 0 Å². The van der Waals surface area contributed by atoms with E-state index in [4.69, 9.17) is 4.74 Å². The van der Waals surface area contributed by atoms with Crippen molar-refractivity contribution in [2.24, 2.45) is 0 Å². The van der Waals surface area contributed by atoms with Crippen molar-refractivity contribution in [2.75, 3.05) is 6.61 Å². The number of amides is 1. The normalized spacial score (nSPS) is 27.4. The molecule has 1 aliphatic carbocycles. The summed E-state index contributed by atoms with van der Waals surface area (Å²) in [5, 5.41) is 12.2. The fourth-order valence-corrected chi connectivity index (χ4v) is 2.83. The molecule has 18 heavy (non-hydrogen) atoms. The van der Waals surface area contributed by atoms with Crippen LogP contribution in [0.5, 0.6) is 0 Å². The van der Waals surface area contributed by atoms with Crippen LogP contribution in [0.4, 0.5) is 0 Å². The first-order valence-corrected chi connectivity index (χ1v) is 6.81. The quantitative estimate of drug-likeness (QED) is 0.749. The molecule has 1 amide bonds. The molecule has 1 heterocycles. The van der Waals surface area contributed by atoms with Crippen molar-refractivity contribution in [1.82, 2.24) is 5.32 Å². The van der Waals surface area contributed by atoms with Crippen LogP contribution in [0.3, 0.4) is 0 Å². The number of hydrogen-bond acceptors (Lipinski definition) is 3. The van der Waals surface area contributed by atoms with Crippen molar-refractivity contribution in [3.8, 4) is 0 Å². The molecule has 0 spiro atoms. The molecule has 2 rings (SSSR count). The largest absolute Gasteiger partial charge is 0.480 e. The molecule has 1 saturated heterocycles. The van der Waals surface area contributed by atoms with Gasteiger partial charge in [0.25, 0.3) is 0 Å². The first kappa shape index (κ1) is 13.3. The van der Waals surface area contributed by atoms with Crippen LogP contribution < -0.4 is 5.32 Å². The predicted molar refractivity (Wildman–Crippen MR) is 65.2 cm³/mol. The Kier molecular flexibility index (Phi) is 4.22. The van der Waals surface area contributed by atoms with E-state index in [1.54, 1.807) is 0 Å². The van der Waals surface area contributed by atoms with Crippen LogP contribution in [0, 0.1) is 0 Å². The molecule has 102 valence electrons. The van der Waals surface area contributed by atoms with Crippen LogP contribution in [-0.4, -0.2) is 35.2 Å². The minimum absolute atomic E-state index is 0.253. The minimum Gasteiger partial charge on any atom is -0.480 e. The molecule has 1 saturated carbocycles. The third-order valence-corrected chi connectivity index (χ3v) is 3.95. The van der Waals surface area contributed by atoms with Crippen LogP contribution in [0.15, 0.2) is 0 Å². The van der Waals surface area contributed by atoms with E-state index in [0.29, 0.717) is 25.9 Å². The average Bonchev–Trinajstić information content (AvgIpc) is 2.77. The highest BCUT2D eigenvalue weighted by atomic mass is 16.5. The highest BCUT2D eigenvalue weighted by molar-refractivity contribution is 5.89. The molecule has 0 radical (unpaired) electrons. The molecule has 2 fully saturated rings. The van der Waals surface area contributed by atoms with E-state index < -0.39 is 17.6 Å². The van der Waals surface area contributed by atoms with Gasteiger partial charge in [0.2, 0.25) is 5.91 Å². The number of carboxylic acids is 1. The van der Waals surface area contributed by atoms with Crippen molar-refractivity contribution in [2.45, 2.75) is 63.0 Å². The molecule has 1 aliphatic heterocycles. The van der Waals surface area contributed by atoms with Crippen molar-refractivity contribution in [3.05, 3.63) is 0 Å². The summed E-state index contributed by atoms with van der Waals surface area (Å²) in [6.45, 7) is 0.595. The van der Waals surface area contributed by atoms with E-state index in [9.17, 15) is 14.7 Å². The summed E-state index contributed by atoms with van der Waals surface area (Å²) in [6.07, 6.45) is 5.98. The zero-order chi connectivity index (χ0) is 13.0. The monoisotopic (exact) mass is 255 g/mol. The van der Waals surface area contributed by atoms with E-state index in [2.05, 4.69) is 5.32 Å². The summed E-state index contributed by atoms with van der Waals surface area (Å²) < 4.78 is 5.31. The Balaban J connectivity index is 2.04. The number of rotatable bonds is 3. The fourth-order valence-electron chi connectivity index (χ4n) is 2.83. The summed E-state index contributed by atoms with van der Waals surface area (Å²) >= 11 is 0. The lowest BCUT2D eigenvalue weighted by Gasteiger charge is -2.30. The molecule has 2 N–H and O–H groups in total. The summed E-state index contributed by atoms with van der Waals surface area (Å²) in [4.78, 5) is 23.6. The summed E-state index contributed by atoms with van der Waals surface area (Å²) in [7, 11) is 0. The lowest BCUT2D eigenvalue weighted by molar-refractivity contribution is -0.150. The van der Waals surface area contributed by atoms with Crippen molar-refractivity contribution in [1.29, 1.82) is 0 Å². The first-order valence-electron chi connectivity index (χ1n) is 6.81. The zero-order valence-corrected chi connectivity index (χ0v) is 10.6. The van der Waals surface area contributed by atoms with Crippen LogP contribution in [0.25, 0.3) is 0 Å². The van der Waals surface area contributed by atoms with Gasteiger partial charge >= 0.3 is 5.97 Å². The van der Waals surface area contributed by atoms with Crippen molar-refractivity contribution >= 4 is 11.9 Å². The van der Waals surface area contributed by atoms with Gasteiger partial charge < -0.3 is 15.2 Å². The Labute approximate surface area is 107 Å². The predicted octanol–water partition coefficient (Wildman–Crippen LogP) is 1.46. The Hall–Kier alpha value is -1.10. The molecule has 2 aliphatic rings. The molecule has 1 unspecified atom stereocenters. The Morgan fingerprint density at radius 3 is 2.28 bits per heavy atom. The maximum absolute atomic E-state index is 12.0. The second-order valence-electron chi connectivity index (χ2n) is 5.29. The van der Waals surface area contributed by atoms with E-state index in [1.807, 2.05) is 0 Å². The number of carbonyl (C=O) groups is 2. The standard InChI is InChI=1S/C13H21NO4/c15-11(10-6-5-9-18-10)14-13(12(16)17)7-3-1-2-4-8-13/h10H,1-9H2,(H,14,15)(H,16,17). The van der Waals surface area contributed by atoms with Crippen LogP contribution in [-0.2, 0) is 14.3 Å². The summed E-state index contributed by atoms with van der Waals surface area (Å²) in [5.74, 6) is -1.16. The van der Waals surface area contributed by atoms with Gasteiger partial charge in [-0.15, -0.1) is 0 Å². The van der Waals surface area contributed by atoms with Gasteiger partial charge in [-0.05, 0) is 25.7 Å². The molecule has 0 aromatic carbocycles. The maximum Gasteiger partial charge on any atom is 0.329 e. The number of aliphatic carboxylic acids is 1. The molecular weight excluding hydrogens is 234 g/mol. The highest BCUT2D eigenvalue weighted by Crippen LogP contribution is 2.28. The number of carbonyl (C=O) groups excluding carboxylic acids is 1. The van der Waals surface area contributed by atoms with Gasteiger partial charge in [0.1, 0.15) is 11.6 Å². The van der Waals surface area contributed by atoms with Gasteiger partial charge in [-0.25, -0.2) is 4.79 Å². The van der Waals surface area contributed by atoms with Gasteiger partial charge in [-0.1, -0.05) is 25.7 Å². The number of carboxylic acid groups (broad SMARTS) is 1. The van der Waals surface area contributed by atoms with Crippen LogP contribution >= 0.6 is 0 Å². The molecule has 5 heteroatoms. The van der Waals surface area contributed by atoms with E-state index in [-0.39, 0.29) is 5.91 Å². The number of ether oxygens (including phenoxy) is 1. The van der Waals surface area contributed by atoms with Crippen molar-refractivity contribution < 1.29 is 19.4 Å². The second-order valence-corrected chi connectivity index (χ2v) is 5.29. The molecule has 1 atom stereocenters. The van der Waals surface area contributed by atoms with Crippen LogP contribution in [0.1, 0.15) is 51.4 Å². The minimum atomic E-state index is -1.07. The van der Waals surface area contributed by atoms with Gasteiger partial charge in [-0.2, -0.15) is 0 Å². The zero-order valence-electron chi connectivity index (χ0n) is 10.6. The lowest BCUT2D eigenvalue weighted by Crippen LogP contribution is -2.56. The summed E-state index contributed by atoms with van der Waals surface area (Å²) in [5.41, 5.74) is -1.07. The third-order valence-electron chi connectivity index (χ3n) is 3.95. The fraction of sp³-hybridized carbons (Fsp3) is 0.846. The molecule has 5 nitrogen and oxygen atoms in total. The average molecular weight is 255 g/mol. The lowest BCUT2D eigenvalue weighted by atomic mass is 9.90. The third kappa shape index (κ3) is 2.83. The molecule has 0 bridgehead atoms. The second kappa shape index (κ2) is 5.69. The Morgan fingerprint density at radius 1 is 1.11 bits per heavy atom. The summed E-state index contributed by atoms with van der Waals surface area (Å²) in [6, 6.07) is 0. The maximum atomic E-state index is 12.0.